The van der Waals surface area contributed by atoms with Crippen molar-refractivity contribution in [1.29, 1.82) is 0 Å². The molecule has 0 saturated carbocycles. The van der Waals surface area contributed by atoms with Gasteiger partial charge in [-0.2, -0.15) is 5.10 Å². The first-order chi connectivity index (χ1) is 14.1. The molecule has 0 radical (unpaired) electrons. The highest BCUT2D eigenvalue weighted by Crippen LogP contribution is 2.34. The van der Waals surface area contributed by atoms with Gasteiger partial charge in [0.1, 0.15) is 11.0 Å². The Morgan fingerprint density at radius 2 is 2.17 bits per heavy atom. The van der Waals surface area contributed by atoms with Gasteiger partial charge < -0.3 is 15.0 Å². The highest BCUT2D eigenvalue weighted by molar-refractivity contribution is 5.93. The van der Waals surface area contributed by atoms with Crippen molar-refractivity contribution in [2.24, 2.45) is 0 Å². The van der Waals surface area contributed by atoms with Gasteiger partial charge in [0.25, 0.3) is 0 Å². The van der Waals surface area contributed by atoms with Crippen LogP contribution in [-0.4, -0.2) is 36.3 Å². The van der Waals surface area contributed by atoms with Crippen LogP contribution in [0.5, 0.6) is 5.88 Å². The second-order valence-corrected chi connectivity index (χ2v) is 7.10. The van der Waals surface area contributed by atoms with E-state index < -0.39 is 0 Å². The zero-order valence-corrected chi connectivity index (χ0v) is 17.1. The maximum absolute atomic E-state index is 5.73. The van der Waals surface area contributed by atoms with Gasteiger partial charge in [0.15, 0.2) is 0 Å². The molecule has 0 atom stereocenters. The number of rotatable bonds is 7. The third-order valence-corrected chi connectivity index (χ3v) is 4.66. The summed E-state index contributed by atoms with van der Waals surface area (Å²) in [4.78, 5) is 16.5. The Morgan fingerprint density at radius 3 is 2.90 bits per heavy atom. The number of H-pyrrole nitrogens is 1. The van der Waals surface area contributed by atoms with Crippen molar-refractivity contribution in [3.63, 3.8) is 0 Å². The summed E-state index contributed by atoms with van der Waals surface area (Å²) in [6, 6.07) is 6.13. The monoisotopic (exact) mass is 391 g/mol. The summed E-state index contributed by atoms with van der Waals surface area (Å²) in [6.07, 6.45) is 5.22. The largest absolute Gasteiger partial charge is 0.477 e. The molecule has 0 unspecified atom stereocenters. The van der Waals surface area contributed by atoms with E-state index in [1.54, 1.807) is 12.5 Å². The number of imidazole rings is 1. The van der Waals surface area contributed by atoms with Crippen molar-refractivity contribution in [1.82, 2.24) is 29.7 Å². The van der Waals surface area contributed by atoms with Crippen LogP contribution in [0.25, 0.3) is 22.3 Å². The fraction of sp³-hybridized carbons (Fsp3) is 0.333. The summed E-state index contributed by atoms with van der Waals surface area (Å²) in [7, 11) is 0. The Bertz CT molecular complexity index is 1120. The van der Waals surface area contributed by atoms with E-state index in [0.29, 0.717) is 19.0 Å². The van der Waals surface area contributed by atoms with Crippen molar-refractivity contribution >= 4 is 16.7 Å². The van der Waals surface area contributed by atoms with Gasteiger partial charge in [0, 0.05) is 18.4 Å². The number of aryl methyl sites for hydroxylation is 1. The molecule has 0 aliphatic carbocycles. The molecule has 4 aromatic rings. The number of hydrogen-bond acceptors (Lipinski definition) is 6. The molecular formula is C21H25N7O. The lowest BCUT2D eigenvalue weighted by Crippen LogP contribution is -2.07. The number of ether oxygens (including phenoxy) is 1. The van der Waals surface area contributed by atoms with Crippen LogP contribution < -0.4 is 10.1 Å². The Balaban J connectivity index is 1.88. The van der Waals surface area contributed by atoms with Crippen LogP contribution in [0.1, 0.15) is 38.2 Å². The van der Waals surface area contributed by atoms with Gasteiger partial charge in [-0.3, -0.25) is 4.68 Å². The zero-order chi connectivity index (χ0) is 20.4. The van der Waals surface area contributed by atoms with E-state index in [-0.39, 0.29) is 6.04 Å². The lowest BCUT2D eigenvalue weighted by molar-refractivity contribution is 0.328. The maximum atomic E-state index is 5.73. The average Bonchev–Trinajstić information content (AvgIpc) is 3.35. The predicted octanol–water partition coefficient (Wildman–Crippen LogP) is 4.12. The van der Waals surface area contributed by atoms with E-state index >= 15 is 0 Å². The summed E-state index contributed by atoms with van der Waals surface area (Å²) < 4.78 is 7.75. The molecule has 0 spiro atoms. The van der Waals surface area contributed by atoms with E-state index in [1.807, 2.05) is 42.9 Å². The fourth-order valence-corrected chi connectivity index (χ4v) is 3.34. The van der Waals surface area contributed by atoms with Crippen molar-refractivity contribution in [3.05, 3.63) is 48.3 Å². The van der Waals surface area contributed by atoms with Crippen molar-refractivity contribution in [2.45, 2.75) is 40.3 Å². The van der Waals surface area contributed by atoms with Gasteiger partial charge in [0.2, 0.25) is 5.88 Å². The van der Waals surface area contributed by atoms with E-state index in [1.165, 1.54) is 0 Å². The van der Waals surface area contributed by atoms with Crippen LogP contribution in [0.2, 0.25) is 0 Å². The molecule has 4 aromatic heterocycles. The standard InChI is InChI=1S/C21H25N7O/c1-5-29-21-16(7-6-8-23-21)17-9-18(24-11-15-10-22-12-25-15)20-19(26-17)14(4)27-28(20)13(2)3/h6-10,12-13H,5,11H2,1-4H3,(H,22,25)(H,24,26). The first-order valence-electron chi connectivity index (χ1n) is 9.77. The zero-order valence-electron chi connectivity index (χ0n) is 17.1. The van der Waals surface area contributed by atoms with Crippen LogP contribution in [0, 0.1) is 6.92 Å². The van der Waals surface area contributed by atoms with Crippen molar-refractivity contribution in [2.75, 3.05) is 11.9 Å². The number of fused-ring (bicyclic) bond motifs is 1. The highest BCUT2D eigenvalue weighted by Gasteiger charge is 2.19. The second-order valence-electron chi connectivity index (χ2n) is 7.10. The Morgan fingerprint density at radius 1 is 1.31 bits per heavy atom. The number of aromatic nitrogens is 6. The summed E-state index contributed by atoms with van der Waals surface area (Å²) in [5.41, 5.74) is 6.37. The topological polar surface area (TPSA) is 93.5 Å². The van der Waals surface area contributed by atoms with Crippen LogP contribution in [0.15, 0.2) is 36.9 Å². The maximum Gasteiger partial charge on any atom is 0.222 e. The Kier molecular flexibility index (Phi) is 5.16. The summed E-state index contributed by atoms with van der Waals surface area (Å²) >= 11 is 0. The lowest BCUT2D eigenvalue weighted by atomic mass is 10.1. The van der Waals surface area contributed by atoms with Gasteiger partial charge in [-0.15, -0.1) is 0 Å². The van der Waals surface area contributed by atoms with Crippen LogP contribution >= 0.6 is 0 Å². The Labute approximate surface area is 169 Å². The summed E-state index contributed by atoms with van der Waals surface area (Å²) in [6.45, 7) is 9.33. The number of nitrogens with one attached hydrogen (secondary N) is 2. The van der Waals surface area contributed by atoms with Crippen LogP contribution in [0.4, 0.5) is 5.69 Å². The normalized spacial score (nSPS) is 11.3. The number of pyridine rings is 2. The second kappa shape index (κ2) is 7.90. The number of anilines is 1. The first kappa shape index (κ1) is 18.9. The van der Waals surface area contributed by atoms with E-state index in [9.17, 15) is 0 Å². The molecule has 0 fully saturated rings. The molecular weight excluding hydrogens is 366 g/mol. The van der Waals surface area contributed by atoms with E-state index in [2.05, 4.69) is 34.1 Å². The van der Waals surface area contributed by atoms with E-state index in [0.717, 1.165) is 39.4 Å². The predicted molar refractivity (Wildman–Crippen MR) is 113 cm³/mol. The minimum Gasteiger partial charge on any atom is -0.477 e. The molecule has 2 N–H and O–H groups in total. The Hall–Kier alpha value is -3.42. The average molecular weight is 391 g/mol. The summed E-state index contributed by atoms with van der Waals surface area (Å²) in [5, 5.41) is 8.26. The SMILES string of the molecule is CCOc1ncccc1-c1cc(NCc2cnc[nH]2)c2c(n1)c(C)nn2C(C)C. The molecule has 150 valence electrons. The van der Waals surface area contributed by atoms with Crippen molar-refractivity contribution in [3.8, 4) is 17.1 Å². The molecule has 0 aromatic carbocycles. The van der Waals surface area contributed by atoms with E-state index in [4.69, 9.17) is 14.8 Å². The quantitative estimate of drug-likeness (QED) is 0.492. The molecule has 8 nitrogen and oxygen atoms in total. The molecule has 8 heteroatoms. The number of nitrogens with zero attached hydrogens (tertiary/aromatic N) is 5. The molecule has 0 aliphatic rings. The number of aromatic amines is 1. The van der Waals surface area contributed by atoms with Gasteiger partial charge in [-0.25, -0.2) is 15.0 Å². The third-order valence-electron chi connectivity index (χ3n) is 4.66. The number of hydrogen-bond donors (Lipinski definition) is 2. The molecule has 0 aliphatic heterocycles. The van der Waals surface area contributed by atoms with Gasteiger partial charge in [-0.1, -0.05) is 0 Å². The fourth-order valence-electron chi connectivity index (χ4n) is 3.34. The van der Waals surface area contributed by atoms with Crippen molar-refractivity contribution < 1.29 is 4.74 Å². The minimum absolute atomic E-state index is 0.212. The smallest absolute Gasteiger partial charge is 0.222 e. The highest BCUT2D eigenvalue weighted by atomic mass is 16.5. The minimum atomic E-state index is 0.212. The molecule has 0 amide bonds. The first-order valence-corrected chi connectivity index (χ1v) is 9.77. The van der Waals surface area contributed by atoms with Crippen LogP contribution in [0.3, 0.4) is 0 Å². The lowest BCUT2D eigenvalue weighted by Gasteiger charge is -2.14. The van der Waals surface area contributed by atoms with Gasteiger partial charge >= 0.3 is 0 Å². The summed E-state index contributed by atoms with van der Waals surface area (Å²) in [5.74, 6) is 0.579. The third kappa shape index (κ3) is 3.65. The van der Waals surface area contributed by atoms with Crippen LogP contribution in [-0.2, 0) is 6.54 Å². The molecule has 4 heterocycles. The molecule has 0 bridgehead atoms. The molecule has 29 heavy (non-hydrogen) atoms. The molecule has 0 saturated heterocycles. The van der Waals surface area contributed by atoms with Gasteiger partial charge in [0.05, 0.1) is 47.8 Å². The van der Waals surface area contributed by atoms with Gasteiger partial charge in [-0.05, 0) is 45.9 Å². The molecule has 4 rings (SSSR count).